The molecule has 0 aliphatic carbocycles. The first-order valence-electron chi connectivity index (χ1n) is 4.64. The maximum Gasteiger partial charge on any atom is 0.239 e. The summed E-state index contributed by atoms with van der Waals surface area (Å²) in [6, 6.07) is 1.71. The van der Waals surface area contributed by atoms with Gasteiger partial charge in [0.1, 0.15) is 15.7 Å². The topological polar surface area (TPSA) is 110 Å². The van der Waals surface area contributed by atoms with Gasteiger partial charge in [0.2, 0.25) is 5.95 Å². The Bertz CT molecular complexity index is 459. The summed E-state index contributed by atoms with van der Waals surface area (Å²) in [6.07, 6.45) is 1.19. The van der Waals surface area contributed by atoms with Crippen LogP contribution in [0.1, 0.15) is 5.69 Å². The monoisotopic (exact) mass is 245 g/mol. The highest BCUT2D eigenvalue weighted by atomic mass is 32.2. The Morgan fingerprint density at radius 2 is 2.12 bits per heavy atom. The zero-order valence-electron chi connectivity index (χ0n) is 9.19. The van der Waals surface area contributed by atoms with Gasteiger partial charge in [0.05, 0.1) is 5.75 Å². The molecular formula is C8H15N5O2S. The first-order valence-corrected chi connectivity index (χ1v) is 6.70. The normalized spacial score (nSPS) is 11.2. The van der Waals surface area contributed by atoms with Crippen LogP contribution in [0.4, 0.5) is 11.8 Å². The van der Waals surface area contributed by atoms with E-state index in [1.54, 1.807) is 13.0 Å². The van der Waals surface area contributed by atoms with E-state index < -0.39 is 9.84 Å². The standard InChI is InChI=1S/C8H15N5O2S/c1-6-5-7(12-8(11-6)13-9)10-3-4-16(2,14)15/h5H,3-4,9H2,1-2H3,(H2,10,11,12,13). The lowest BCUT2D eigenvalue weighted by atomic mass is 10.4. The van der Waals surface area contributed by atoms with Gasteiger partial charge in [-0.25, -0.2) is 19.2 Å². The highest BCUT2D eigenvalue weighted by Gasteiger charge is 2.03. The van der Waals surface area contributed by atoms with E-state index in [0.717, 1.165) is 5.69 Å². The molecule has 0 saturated carbocycles. The molecule has 0 aliphatic heterocycles. The van der Waals surface area contributed by atoms with Gasteiger partial charge in [-0.15, -0.1) is 0 Å². The lowest BCUT2D eigenvalue weighted by Gasteiger charge is -2.07. The molecule has 1 aromatic rings. The lowest BCUT2D eigenvalue weighted by molar-refractivity contribution is 0.602. The molecule has 1 aromatic heterocycles. The van der Waals surface area contributed by atoms with E-state index >= 15 is 0 Å². The minimum Gasteiger partial charge on any atom is -0.369 e. The van der Waals surface area contributed by atoms with Crippen LogP contribution in [0, 0.1) is 6.92 Å². The second kappa shape index (κ2) is 5.08. The molecule has 0 radical (unpaired) electrons. The Morgan fingerprint density at radius 3 is 2.69 bits per heavy atom. The second-order valence-electron chi connectivity index (χ2n) is 3.42. The number of aryl methyl sites for hydroxylation is 1. The van der Waals surface area contributed by atoms with Crippen molar-refractivity contribution in [3.63, 3.8) is 0 Å². The van der Waals surface area contributed by atoms with Crippen LogP contribution in [0.25, 0.3) is 0 Å². The number of anilines is 2. The number of nitrogens with zero attached hydrogens (tertiary/aromatic N) is 2. The van der Waals surface area contributed by atoms with Crippen LogP contribution in [0.5, 0.6) is 0 Å². The van der Waals surface area contributed by atoms with Gasteiger partial charge in [0.15, 0.2) is 0 Å². The Morgan fingerprint density at radius 1 is 1.44 bits per heavy atom. The molecular weight excluding hydrogens is 230 g/mol. The number of nitrogens with two attached hydrogens (primary N) is 1. The first kappa shape index (κ1) is 12.7. The van der Waals surface area contributed by atoms with Gasteiger partial charge < -0.3 is 5.32 Å². The molecule has 1 rings (SSSR count). The molecule has 0 bridgehead atoms. The molecule has 4 N–H and O–H groups in total. The highest BCUT2D eigenvalue weighted by molar-refractivity contribution is 7.90. The van der Waals surface area contributed by atoms with Gasteiger partial charge in [0, 0.05) is 24.6 Å². The average molecular weight is 245 g/mol. The molecule has 0 unspecified atom stereocenters. The van der Waals surface area contributed by atoms with Crippen LogP contribution >= 0.6 is 0 Å². The predicted octanol–water partition coefficient (Wildman–Crippen LogP) is -0.473. The first-order chi connectivity index (χ1) is 7.40. The van der Waals surface area contributed by atoms with Crippen molar-refractivity contribution >= 4 is 21.6 Å². The molecule has 1 heterocycles. The molecule has 0 aromatic carbocycles. The third-order valence-corrected chi connectivity index (χ3v) is 2.71. The van der Waals surface area contributed by atoms with Gasteiger partial charge in [0.25, 0.3) is 0 Å². The van der Waals surface area contributed by atoms with Crippen molar-refractivity contribution < 1.29 is 8.42 Å². The average Bonchev–Trinajstić information content (AvgIpc) is 2.14. The summed E-state index contributed by atoms with van der Waals surface area (Å²) in [7, 11) is -2.97. The lowest BCUT2D eigenvalue weighted by Crippen LogP contribution is -2.16. The fourth-order valence-corrected chi connectivity index (χ4v) is 1.56. The summed E-state index contributed by atoms with van der Waals surface area (Å²) in [5.74, 6) is 6.08. The summed E-state index contributed by atoms with van der Waals surface area (Å²) >= 11 is 0. The smallest absolute Gasteiger partial charge is 0.239 e. The van der Waals surface area contributed by atoms with E-state index in [1.165, 1.54) is 6.26 Å². The zero-order chi connectivity index (χ0) is 12.2. The van der Waals surface area contributed by atoms with Gasteiger partial charge in [-0.3, -0.25) is 5.43 Å². The Hall–Kier alpha value is -1.41. The summed E-state index contributed by atoms with van der Waals surface area (Å²) in [6.45, 7) is 2.10. The quantitative estimate of drug-likeness (QED) is 0.475. The number of hydrogen-bond acceptors (Lipinski definition) is 7. The van der Waals surface area contributed by atoms with Crippen molar-refractivity contribution in [3.05, 3.63) is 11.8 Å². The summed E-state index contributed by atoms with van der Waals surface area (Å²) in [4.78, 5) is 8.02. The molecule has 8 heteroatoms. The van der Waals surface area contributed by atoms with Crippen molar-refractivity contribution in [3.8, 4) is 0 Å². The number of hydrazine groups is 1. The molecule has 0 fully saturated rings. The second-order valence-corrected chi connectivity index (χ2v) is 5.68. The Balaban J connectivity index is 2.63. The number of rotatable bonds is 5. The maximum absolute atomic E-state index is 10.9. The number of hydrogen-bond donors (Lipinski definition) is 3. The Kier molecular flexibility index (Phi) is 4.02. The molecule has 7 nitrogen and oxygen atoms in total. The molecule has 90 valence electrons. The third-order valence-electron chi connectivity index (χ3n) is 1.76. The maximum atomic E-state index is 10.9. The van der Waals surface area contributed by atoms with Crippen molar-refractivity contribution in [2.75, 3.05) is 29.3 Å². The van der Waals surface area contributed by atoms with Crippen LogP contribution in [0.3, 0.4) is 0 Å². The number of nitrogens with one attached hydrogen (secondary N) is 2. The van der Waals surface area contributed by atoms with Crippen molar-refractivity contribution in [1.82, 2.24) is 9.97 Å². The van der Waals surface area contributed by atoms with E-state index in [0.29, 0.717) is 18.3 Å². The van der Waals surface area contributed by atoms with E-state index in [1.807, 2.05) is 0 Å². The van der Waals surface area contributed by atoms with Gasteiger partial charge in [-0.05, 0) is 6.92 Å². The van der Waals surface area contributed by atoms with Crippen LogP contribution in [-0.4, -0.2) is 36.9 Å². The van der Waals surface area contributed by atoms with E-state index in [9.17, 15) is 8.42 Å². The van der Waals surface area contributed by atoms with Gasteiger partial charge >= 0.3 is 0 Å². The fourth-order valence-electron chi connectivity index (χ4n) is 1.09. The van der Waals surface area contributed by atoms with Crippen molar-refractivity contribution in [2.24, 2.45) is 5.84 Å². The highest BCUT2D eigenvalue weighted by Crippen LogP contribution is 2.08. The Labute approximate surface area is 94.4 Å². The fraction of sp³-hybridized carbons (Fsp3) is 0.500. The summed E-state index contributed by atoms with van der Waals surface area (Å²) in [5, 5.41) is 2.89. The largest absolute Gasteiger partial charge is 0.369 e. The molecule has 0 aliphatic rings. The molecule has 0 amide bonds. The van der Waals surface area contributed by atoms with Crippen LogP contribution in [0.2, 0.25) is 0 Å². The van der Waals surface area contributed by atoms with Gasteiger partial charge in [-0.2, -0.15) is 4.98 Å². The third kappa shape index (κ3) is 4.41. The van der Waals surface area contributed by atoms with Crippen molar-refractivity contribution in [2.45, 2.75) is 6.92 Å². The van der Waals surface area contributed by atoms with Crippen LogP contribution < -0.4 is 16.6 Å². The van der Waals surface area contributed by atoms with Crippen LogP contribution in [0.15, 0.2) is 6.07 Å². The van der Waals surface area contributed by atoms with E-state index in [-0.39, 0.29) is 5.75 Å². The van der Waals surface area contributed by atoms with Gasteiger partial charge in [-0.1, -0.05) is 0 Å². The summed E-state index contributed by atoms with van der Waals surface area (Å²) < 4.78 is 21.8. The number of aromatic nitrogens is 2. The minimum absolute atomic E-state index is 0.0570. The van der Waals surface area contributed by atoms with Crippen LogP contribution in [-0.2, 0) is 9.84 Å². The zero-order valence-corrected chi connectivity index (χ0v) is 10.0. The minimum atomic E-state index is -2.97. The number of nitrogen functional groups attached to an aromatic ring is 1. The van der Waals surface area contributed by atoms with E-state index in [2.05, 4.69) is 20.7 Å². The summed E-state index contributed by atoms with van der Waals surface area (Å²) in [5.41, 5.74) is 3.07. The molecule has 16 heavy (non-hydrogen) atoms. The molecule has 0 saturated heterocycles. The van der Waals surface area contributed by atoms with E-state index in [4.69, 9.17) is 5.84 Å². The predicted molar refractivity (Wildman–Crippen MR) is 62.8 cm³/mol. The SMILES string of the molecule is Cc1cc(NCCS(C)(=O)=O)nc(NN)n1. The molecule has 0 atom stereocenters. The molecule has 0 spiro atoms. The van der Waals surface area contributed by atoms with Crippen molar-refractivity contribution in [1.29, 1.82) is 0 Å². The number of sulfone groups is 1.